The number of carbonyl (C=O) groups is 2. The summed E-state index contributed by atoms with van der Waals surface area (Å²) in [7, 11) is -4.13. The van der Waals surface area contributed by atoms with E-state index in [0.717, 1.165) is 9.87 Å². The summed E-state index contributed by atoms with van der Waals surface area (Å²) in [6.45, 7) is 8.34. The van der Waals surface area contributed by atoms with Crippen LogP contribution >= 0.6 is 23.2 Å². The Kier molecular flexibility index (Phi) is 10.0. The smallest absolute Gasteiger partial charge is 0.264 e. The highest BCUT2D eigenvalue weighted by atomic mass is 35.5. The van der Waals surface area contributed by atoms with Crippen molar-refractivity contribution in [2.45, 2.75) is 58.1 Å². The van der Waals surface area contributed by atoms with Crippen LogP contribution in [0.25, 0.3) is 0 Å². The highest BCUT2D eigenvalue weighted by molar-refractivity contribution is 7.92. The number of nitrogens with zero attached hydrogens (tertiary/aromatic N) is 2. The number of benzene rings is 3. The van der Waals surface area contributed by atoms with Crippen LogP contribution in [0, 0.1) is 13.8 Å². The number of sulfonamides is 1. The fraction of sp³-hybridized carbons (Fsp3) is 0.310. The molecule has 0 aromatic heterocycles. The van der Waals surface area contributed by atoms with Gasteiger partial charge in [-0.2, -0.15) is 0 Å². The number of hydrogen-bond donors (Lipinski definition) is 1. The van der Waals surface area contributed by atoms with Crippen molar-refractivity contribution in [2.24, 2.45) is 0 Å². The molecule has 0 spiro atoms. The Morgan fingerprint density at radius 3 is 2.15 bits per heavy atom. The van der Waals surface area contributed by atoms with Crippen molar-refractivity contribution in [1.82, 2.24) is 10.2 Å². The van der Waals surface area contributed by atoms with E-state index in [9.17, 15) is 18.0 Å². The van der Waals surface area contributed by atoms with E-state index in [2.05, 4.69) is 5.32 Å². The average Bonchev–Trinajstić information content (AvgIpc) is 2.86. The van der Waals surface area contributed by atoms with Crippen LogP contribution < -0.4 is 9.62 Å². The number of hydrogen-bond acceptors (Lipinski definition) is 4. The number of para-hydroxylation sites is 1. The Morgan fingerprint density at radius 1 is 0.923 bits per heavy atom. The van der Waals surface area contributed by atoms with Gasteiger partial charge in [-0.15, -0.1) is 0 Å². The van der Waals surface area contributed by atoms with Gasteiger partial charge in [0.1, 0.15) is 12.6 Å². The molecule has 2 amide bonds. The molecule has 0 aliphatic heterocycles. The fourth-order valence-corrected chi connectivity index (χ4v) is 5.96. The van der Waals surface area contributed by atoms with Crippen LogP contribution in [0.4, 0.5) is 5.69 Å². The number of nitrogens with one attached hydrogen (secondary N) is 1. The summed E-state index contributed by atoms with van der Waals surface area (Å²) >= 11 is 12.5. The molecule has 7 nitrogen and oxygen atoms in total. The Labute approximate surface area is 240 Å². The molecule has 0 radical (unpaired) electrons. The first kappa shape index (κ1) is 30.5. The van der Waals surface area contributed by atoms with Crippen molar-refractivity contribution in [3.8, 4) is 0 Å². The first-order valence-electron chi connectivity index (χ1n) is 12.5. The zero-order valence-electron chi connectivity index (χ0n) is 22.6. The largest absolute Gasteiger partial charge is 0.352 e. The second kappa shape index (κ2) is 12.9. The van der Waals surface area contributed by atoms with Crippen molar-refractivity contribution in [2.75, 3.05) is 10.8 Å². The lowest BCUT2D eigenvalue weighted by atomic mass is 10.1. The summed E-state index contributed by atoms with van der Waals surface area (Å²) in [4.78, 5) is 28.3. The van der Waals surface area contributed by atoms with Gasteiger partial charge in [-0.25, -0.2) is 8.42 Å². The Balaban J connectivity index is 2.06. The van der Waals surface area contributed by atoms with Crippen LogP contribution in [0.1, 0.15) is 37.5 Å². The molecule has 0 aliphatic carbocycles. The van der Waals surface area contributed by atoms with Crippen molar-refractivity contribution in [3.63, 3.8) is 0 Å². The monoisotopic (exact) mass is 589 g/mol. The summed E-state index contributed by atoms with van der Waals surface area (Å²) in [5.74, 6) is -0.932. The Morgan fingerprint density at radius 2 is 1.56 bits per heavy atom. The molecule has 1 atom stereocenters. The third kappa shape index (κ3) is 7.53. The highest BCUT2D eigenvalue weighted by Gasteiger charge is 2.33. The van der Waals surface area contributed by atoms with Crippen LogP contribution in [-0.2, 0) is 26.2 Å². The first-order chi connectivity index (χ1) is 18.3. The predicted molar refractivity (Wildman–Crippen MR) is 157 cm³/mol. The lowest BCUT2D eigenvalue weighted by Gasteiger charge is -2.33. The van der Waals surface area contributed by atoms with Gasteiger partial charge in [0.05, 0.1) is 10.6 Å². The van der Waals surface area contributed by atoms with Crippen LogP contribution in [-0.4, -0.2) is 43.8 Å². The summed E-state index contributed by atoms with van der Waals surface area (Å²) in [5.41, 5.74) is 2.53. The minimum atomic E-state index is -4.13. The first-order valence-corrected chi connectivity index (χ1v) is 14.7. The van der Waals surface area contributed by atoms with E-state index in [1.54, 1.807) is 68.4 Å². The molecule has 3 rings (SSSR count). The molecule has 1 N–H and O–H groups in total. The van der Waals surface area contributed by atoms with Gasteiger partial charge < -0.3 is 10.2 Å². The molecular formula is C29H33Cl2N3O4S. The predicted octanol–water partition coefficient (Wildman–Crippen LogP) is 5.75. The molecule has 10 heteroatoms. The quantitative estimate of drug-likeness (QED) is 0.326. The number of rotatable bonds is 10. The van der Waals surface area contributed by atoms with Gasteiger partial charge >= 0.3 is 0 Å². The standard InChI is InChI=1S/C29H33Cl2N3O4S/c1-19(2)32-29(36)22(5)33(17-23-12-13-24(30)16-26(23)31)28(35)18-34(27-9-7-6-8-21(27)4)39(37,38)25-14-10-20(3)11-15-25/h6-16,19,22H,17-18H2,1-5H3,(H,32,36)/t22-/m1/s1. The van der Waals surface area contributed by atoms with Crippen LogP contribution in [0.15, 0.2) is 71.6 Å². The van der Waals surface area contributed by atoms with Gasteiger partial charge in [0.15, 0.2) is 0 Å². The van der Waals surface area contributed by atoms with Gasteiger partial charge in [-0.3, -0.25) is 13.9 Å². The summed E-state index contributed by atoms with van der Waals surface area (Å²) in [6.07, 6.45) is 0. The molecule has 3 aromatic rings. The fourth-order valence-electron chi connectivity index (χ4n) is 4.02. The molecule has 39 heavy (non-hydrogen) atoms. The van der Waals surface area contributed by atoms with Gasteiger partial charge in [-0.1, -0.05) is 65.2 Å². The summed E-state index contributed by atoms with van der Waals surface area (Å²) in [6, 6.07) is 17.2. The van der Waals surface area contributed by atoms with E-state index in [-0.39, 0.29) is 23.4 Å². The third-order valence-electron chi connectivity index (χ3n) is 6.23. The molecule has 0 bridgehead atoms. The zero-order chi connectivity index (χ0) is 28.9. The van der Waals surface area contributed by atoms with E-state index in [1.807, 2.05) is 20.8 Å². The molecule has 0 saturated heterocycles. The second-order valence-electron chi connectivity index (χ2n) is 9.71. The van der Waals surface area contributed by atoms with Crippen LogP contribution in [0.3, 0.4) is 0 Å². The Hall–Kier alpha value is -3.07. The van der Waals surface area contributed by atoms with Crippen molar-refractivity contribution < 1.29 is 18.0 Å². The highest BCUT2D eigenvalue weighted by Crippen LogP contribution is 2.28. The van der Waals surface area contributed by atoms with E-state index in [0.29, 0.717) is 26.9 Å². The number of aryl methyl sites for hydroxylation is 2. The number of amides is 2. The van der Waals surface area contributed by atoms with Crippen LogP contribution in [0.2, 0.25) is 10.0 Å². The maximum atomic E-state index is 14.0. The van der Waals surface area contributed by atoms with Gasteiger partial charge in [0.25, 0.3) is 10.0 Å². The lowest BCUT2D eigenvalue weighted by molar-refractivity contribution is -0.139. The molecule has 0 heterocycles. The number of halogens is 2. The zero-order valence-corrected chi connectivity index (χ0v) is 24.9. The number of carbonyl (C=O) groups excluding carboxylic acids is 2. The molecule has 208 valence electrons. The van der Waals surface area contributed by atoms with Crippen molar-refractivity contribution in [3.05, 3.63) is 93.5 Å². The Bertz CT molecular complexity index is 1440. The molecule has 0 unspecified atom stereocenters. The van der Waals surface area contributed by atoms with Gasteiger partial charge in [-0.05, 0) is 76.1 Å². The normalized spacial score (nSPS) is 12.2. The minimum Gasteiger partial charge on any atom is -0.352 e. The minimum absolute atomic E-state index is 0.0201. The summed E-state index contributed by atoms with van der Waals surface area (Å²) in [5, 5.41) is 3.59. The second-order valence-corrected chi connectivity index (χ2v) is 12.4. The molecular weight excluding hydrogens is 557 g/mol. The third-order valence-corrected chi connectivity index (χ3v) is 8.59. The van der Waals surface area contributed by atoms with E-state index in [4.69, 9.17) is 23.2 Å². The van der Waals surface area contributed by atoms with E-state index in [1.165, 1.54) is 17.0 Å². The lowest BCUT2D eigenvalue weighted by Crippen LogP contribution is -2.52. The summed E-state index contributed by atoms with van der Waals surface area (Å²) < 4.78 is 28.9. The van der Waals surface area contributed by atoms with Gasteiger partial charge in [0, 0.05) is 22.6 Å². The molecule has 0 saturated carbocycles. The molecule has 0 fully saturated rings. The van der Waals surface area contributed by atoms with Gasteiger partial charge in [0.2, 0.25) is 11.8 Å². The molecule has 0 aliphatic rings. The number of anilines is 1. The van der Waals surface area contributed by atoms with Crippen molar-refractivity contribution in [1.29, 1.82) is 0 Å². The molecule has 3 aromatic carbocycles. The van der Waals surface area contributed by atoms with E-state index >= 15 is 0 Å². The van der Waals surface area contributed by atoms with E-state index < -0.39 is 28.5 Å². The van der Waals surface area contributed by atoms with Crippen LogP contribution in [0.5, 0.6) is 0 Å². The maximum Gasteiger partial charge on any atom is 0.264 e. The maximum absolute atomic E-state index is 14.0. The topological polar surface area (TPSA) is 86.8 Å². The van der Waals surface area contributed by atoms with Crippen molar-refractivity contribution >= 4 is 50.7 Å². The SMILES string of the molecule is Cc1ccc(S(=O)(=O)N(CC(=O)N(Cc2ccc(Cl)cc2Cl)[C@H](C)C(=O)NC(C)C)c2ccccc2C)cc1. The average molecular weight is 591 g/mol.